The lowest BCUT2D eigenvalue weighted by Gasteiger charge is -2.23. The van der Waals surface area contributed by atoms with Crippen molar-refractivity contribution in [3.8, 4) is 44.5 Å². The number of nitrogens with zero attached hydrogens (tertiary/aromatic N) is 1. The number of hydrogen-bond acceptors (Lipinski definition) is 1. The fourth-order valence-corrected chi connectivity index (χ4v) is 7.37. The Morgan fingerprint density at radius 2 is 0.917 bits per heavy atom. The topological polar surface area (TPSA) is 12.9 Å². The molecule has 0 saturated carbocycles. The van der Waals surface area contributed by atoms with E-state index in [2.05, 4.69) is 166 Å². The van der Waals surface area contributed by atoms with Crippen LogP contribution in [0.15, 0.2) is 158 Å². The number of para-hydroxylation sites is 1. The van der Waals surface area contributed by atoms with Gasteiger partial charge in [0.25, 0.3) is 0 Å². The summed E-state index contributed by atoms with van der Waals surface area (Å²) in [6, 6.07) is 55.8. The molecule has 0 spiro atoms. The molecular formula is C47H35N. The molecule has 9 rings (SSSR count). The number of hydrogen-bond donors (Lipinski definition) is 0. The average molecular weight is 614 g/mol. The van der Waals surface area contributed by atoms with E-state index in [4.69, 9.17) is 4.98 Å². The van der Waals surface area contributed by atoms with Crippen LogP contribution in [0.4, 0.5) is 0 Å². The molecule has 0 aliphatic rings. The van der Waals surface area contributed by atoms with Gasteiger partial charge in [0.15, 0.2) is 0 Å². The molecule has 9 aromatic rings. The van der Waals surface area contributed by atoms with Crippen LogP contribution in [0.25, 0.3) is 87.7 Å². The Balaban J connectivity index is 1.25. The highest BCUT2D eigenvalue weighted by Crippen LogP contribution is 2.45. The summed E-state index contributed by atoms with van der Waals surface area (Å²) in [7, 11) is 0. The summed E-state index contributed by atoms with van der Waals surface area (Å²) < 4.78 is 0. The van der Waals surface area contributed by atoms with Crippen LogP contribution in [0.2, 0.25) is 0 Å². The lowest BCUT2D eigenvalue weighted by Crippen LogP contribution is -2.10. The van der Waals surface area contributed by atoms with Crippen LogP contribution in [0.5, 0.6) is 0 Å². The highest BCUT2D eigenvalue weighted by molar-refractivity contribution is 6.28. The highest BCUT2D eigenvalue weighted by Gasteiger charge is 2.20. The quantitative estimate of drug-likeness (QED) is 0.180. The summed E-state index contributed by atoms with van der Waals surface area (Å²) in [5.74, 6) is 0. The minimum atomic E-state index is 0.0730. The van der Waals surface area contributed by atoms with E-state index in [-0.39, 0.29) is 5.41 Å². The molecule has 0 unspecified atom stereocenters. The van der Waals surface area contributed by atoms with Gasteiger partial charge in [-0.15, -0.1) is 0 Å². The van der Waals surface area contributed by atoms with Crippen LogP contribution in [-0.2, 0) is 5.41 Å². The van der Waals surface area contributed by atoms with Crippen molar-refractivity contribution in [3.05, 3.63) is 163 Å². The lowest BCUT2D eigenvalue weighted by molar-refractivity contribution is 0.591. The lowest BCUT2D eigenvalue weighted by atomic mass is 9.81. The Bertz CT molecular complexity index is 2590. The first-order chi connectivity index (χ1) is 23.4. The van der Waals surface area contributed by atoms with Crippen LogP contribution in [0, 0.1) is 0 Å². The first-order valence-electron chi connectivity index (χ1n) is 16.8. The zero-order valence-electron chi connectivity index (χ0n) is 27.5. The highest BCUT2D eigenvalue weighted by atomic mass is 14.6. The van der Waals surface area contributed by atoms with Gasteiger partial charge in [-0.3, -0.25) is 4.98 Å². The van der Waals surface area contributed by atoms with Crippen LogP contribution >= 0.6 is 0 Å². The van der Waals surface area contributed by atoms with E-state index in [1.54, 1.807) is 0 Å². The minimum absolute atomic E-state index is 0.0730. The monoisotopic (exact) mass is 613 g/mol. The Labute approximate surface area is 281 Å². The minimum Gasteiger partial charge on any atom is -0.256 e. The van der Waals surface area contributed by atoms with Crippen molar-refractivity contribution in [2.45, 2.75) is 26.2 Å². The molecule has 1 heteroatoms. The van der Waals surface area contributed by atoms with E-state index in [1.165, 1.54) is 76.8 Å². The molecule has 1 aromatic heterocycles. The third-order valence-corrected chi connectivity index (χ3v) is 10.0. The van der Waals surface area contributed by atoms with Gasteiger partial charge in [0, 0.05) is 17.1 Å². The summed E-state index contributed by atoms with van der Waals surface area (Å²) >= 11 is 0. The summed E-state index contributed by atoms with van der Waals surface area (Å²) in [6.07, 6.45) is 1.98. The fraction of sp³-hybridized carbons (Fsp3) is 0.0851. The van der Waals surface area contributed by atoms with Crippen LogP contribution in [-0.4, -0.2) is 4.98 Å². The number of fused-ring (bicyclic) bond motifs is 1. The van der Waals surface area contributed by atoms with Crippen molar-refractivity contribution in [2.24, 2.45) is 0 Å². The second kappa shape index (κ2) is 10.9. The SMILES string of the molecule is CC(C)(C)c1cc2ccc3c(-c4ccc(-c5ccccc5)cc4)cc(-c4ccc(-c5cnc6ccccc6c5)cc4)c4ccc(c1)c2c34. The maximum Gasteiger partial charge on any atom is 0.0702 e. The van der Waals surface area contributed by atoms with Crippen molar-refractivity contribution in [2.75, 3.05) is 0 Å². The molecule has 0 fully saturated rings. The number of aromatic nitrogens is 1. The molecule has 0 atom stereocenters. The van der Waals surface area contributed by atoms with E-state index in [9.17, 15) is 0 Å². The summed E-state index contributed by atoms with van der Waals surface area (Å²) in [6.45, 7) is 6.90. The Morgan fingerprint density at radius 3 is 1.52 bits per heavy atom. The first kappa shape index (κ1) is 28.4. The van der Waals surface area contributed by atoms with E-state index < -0.39 is 0 Å². The molecule has 0 saturated heterocycles. The summed E-state index contributed by atoms with van der Waals surface area (Å²) in [5, 5.41) is 9.03. The van der Waals surface area contributed by atoms with Crippen molar-refractivity contribution in [1.29, 1.82) is 0 Å². The molecule has 228 valence electrons. The molecule has 8 aromatic carbocycles. The fourth-order valence-electron chi connectivity index (χ4n) is 7.37. The molecule has 0 bridgehead atoms. The van der Waals surface area contributed by atoms with E-state index in [0.717, 1.165) is 16.5 Å². The zero-order valence-corrected chi connectivity index (χ0v) is 27.5. The molecule has 1 nitrogen and oxygen atoms in total. The number of pyridine rings is 1. The van der Waals surface area contributed by atoms with Gasteiger partial charge in [-0.25, -0.2) is 0 Å². The third-order valence-electron chi connectivity index (χ3n) is 10.0. The molecule has 0 amide bonds. The van der Waals surface area contributed by atoms with Gasteiger partial charge in [0.2, 0.25) is 0 Å². The summed E-state index contributed by atoms with van der Waals surface area (Å²) in [4.78, 5) is 4.72. The molecule has 0 aliphatic heterocycles. The Kier molecular flexibility index (Phi) is 6.45. The van der Waals surface area contributed by atoms with E-state index >= 15 is 0 Å². The van der Waals surface area contributed by atoms with Crippen LogP contribution < -0.4 is 0 Å². The van der Waals surface area contributed by atoms with Crippen LogP contribution in [0.3, 0.4) is 0 Å². The molecule has 0 aliphatic carbocycles. The van der Waals surface area contributed by atoms with E-state index in [0.29, 0.717) is 0 Å². The molecule has 48 heavy (non-hydrogen) atoms. The number of benzene rings is 8. The van der Waals surface area contributed by atoms with Gasteiger partial charge in [-0.1, -0.05) is 154 Å². The van der Waals surface area contributed by atoms with Gasteiger partial charge < -0.3 is 0 Å². The van der Waals surface area contributed by atoms with Gasteiger partial charge in [-0.05, 0) is 100 Å². The molecule has 0 radical (unpaired) electrons. The maximum atomic E-state index is 4.72. The normalized spacial score (nSPS) is 12.1. The van der Waals surface area contributed by atoms with Gasteiger partial charge in [0.1, 0.15) is 0 Å². The van der Waals surface area contributed by atoms with Crippen molar-refractivity contribution in [3.63, 3.8) is 0 Å². The smallest absolute Gasteiger partial charge is 0.0702 e. The van der Waals surface area contributed by atoms with Crippen molar-refractivity contribution in [1.82, 2.24) is 4.98 Å². The molecule has 0 N–H and O–H groups in total. The Hall–Kier alpha value is -5.79. The predicted molar refractivity (Wildman–Crippen MR) is 206 cm³/mol. The third kappa shape index (κ3) is 4.74. The van der Waals surface area contributed by atoms with Gasteiger partial charge >= 0.3 is 0 Å². The standard InChI is InChI=1S/C47H35N/c1-47(2,3)39-26-36-21-23-40-42(33-17-13-31(14-18-33)30-9-5-4-6-10-30)28-43(41-24-22-37(27-39)45(36)46(40)41)34-19-15-32(16-20-34)38-25-35-11-7-8-12-44(35)48-29-38/h4-29H,1-3H3. The predicted octanol–water partition coefficient (Wildman–Crippen LogP) is 13.1. The van der Waals surface area contributed by atoms with Crippen molar-refractivity contribution >= 4 is 43.2 Å². The average Bonchev–Trinajstić information content (AvgIpc) is 3.13. The first-order valence-corrected chi connectivity index (χ1v) is 16.8. The number of rotatable bonds is 4. The van der Waals surface area contributed by atoms with E-state index in [1.807, 2.05) is 12.3 Å². The zero-order chi connectivity index (χ0) is 32.4. The van der Waals surface area contributed by atoms with Gasteiger partial charge in [-0.2, -0.15) is 0 Å². The molecule has 1 heterocycles. The Morgan fingerprint density at radius 1 is 0.396 bits per heavy atom. The van der Waals surface area contributed by atoms with Crippen LogP contribution in [0.1, 0.15) is 26.3 Å². The second-order valence-corrected chi connectivity index (χ2v) is 14.1. The second-order valence-electron chi connectivity index (χ2n) is 14.1. The summed E-state index contributed by atoms with van der Waals surface area (Å²) in [5.41, 5.74) is 12.2. The van der Waals surface area contributed by atoms with Gasteiger partial charge in [0.05, 0.1) is 5.52 Å². The largest absolute Gasteiger partial charge is 0.256 e. The van der Waals surface area contributed by atoms with Crippen molar-refractivity contribution < 1.29 is 0 Å². The maximum absolute atomic E-state index is 4.72. The molecular weight excluding hydrogens is 579 g/mol.